The first kappa shape index (κ1) is 10.7. The summed E-state index contributed by atoms with van der Waals surface area (Å²) in [5.41, 5.74) is 6.45. The van der Waals surface area contributed by atoms with Gasteiger partial charge in [0.2, 0.25) is 0 Å². The number of carbonyl (C=O) groups is 1. The first-order valence-corrected chi connectivity index (χ1v) is 5.48. The van der Waals surface area contributed by atoms with Crippen LogP contribution in [0.5, 0.6) is 0 Å². The van der Waals surface area contributed by atoms with E-state index in [0.717, 1.165) is 10.6 Å². The van der Waals surface area contributed by atoms with E-state index in [4.69, 9.17) is 5.73 Å². The summed E-state index contributed by atoms with van der Waals surface area (Å²) < 4.78 is 1.41. The van der Waals surface area contributed by atoms with Gasteiger partial charge in [-0.25, -0.2) is 0 Å². The molecule has 0 bridgehead atoms. The zero-order valence-corrected chi connectivity index (χ0v) is 9.72. The van der Waals surface area contributed by atoms with Gasteiger partial charge in [0.05, 0.1) is 10.4 Å². The molecule has 0 aliphatic heterocycles. The highest BCUT2D eigenvalue weighted by molar-refractivity contribution is 7.17. The molecule has 0 aliphatic rings. The van der Waals surface area contributed by atoms with Crippen LogP contribution in [-0.2, 0) is 7.05 Å². The molecule has 1 amide bonds. The van der Waals surface area contributed by atoms with E-state index in [0.29, 0.717) is 10.4 Å². The Bertz CT molecular complexity index is 606. The number of nitrogens with zero attached hydrogens (tertiary/aromatic N) is 1. The number of hydrogen-bond acceptors (Lipinski definition) is 3. The van der Waals surface area contributed by atoms with Crippen LogP contribution in [0.15, 0.2) is 16.9 Å². The predicted octanol–water partition coefficient (Wildman–Crippen LogP) is 0.849. The van der Waals surface area contributed by atoms with Crippen molar-refractivity contribution in [2.75, 3.05) is 0 Å². The number of aromatic nitrogens is 2. The first-order chi connectivity index (χ1) is 7.50. The highest BCUT2D eigenvalue weighted by atomic mass is 32.1. The summed E-state index contributed by atoms with van der Waals surface area (Å²) >= 11 is 1.23. The first-order valence-electron chi connectivity index (χ1n) is 4.66. The van der Waals surface area contributed by atoms with Crippen LogP contribution < -0.4 is 11.3 Å². The molecule has 2 aromatic rings. The van der Waals surface area contributed by atoms with Gasteiger partial charge in [-0.15, -0.1) is 11.3 Å². The number of nitrogens with one attached hydrogen (secondary N) is 1. The van der Waals surface area contributed by atoms with E-state index in [9.17, 15) is 9.59 Å². The van der Waals surface area contributed by atoms with Crippen LogP contribution in [0, 0.1) is 6.92 Å². The maximum Gasteiger partial charge on any atom is 0.275 e. The maximum atomic E-state index is 11.8. The summed E-state index contributed by atoms with van der Waals surface area (Å²) in [5.74, 6) is -0.471. The molecule has 0 spiro atoms. The third kappa shape index (κ3) is 1.57. The molecule has 3 N–H and O–H groups in total. The highest BCUT2D eigenvalue weighted by Gasteiger charge is 2.14. The van der Waals surface area contributed by atoms with Gasteiger partial charge in [0, 0.05) is 17.6 Å². The zero-order valence-electron chi connectivity index (χ0n) is 8.90. The number of thiophene rings is 1. The van der Waals surface area contributed by atoms with Gasteiger partial charge in [0.25, 0.3) is 11.5 Å². The van der Waals surface area contributed by atoms with Gasteiger partial charge in [0.1, 0.15) is 0 Å². The van der Waals surface area contributed by atoms with E-state index < -0.39 is 5.91 Å². The molecule has 0 aliphatic carbocycles. The Morgan fingerprint density at radius 1 is 1.50 bits per heavy atom. The van der Waals surface area contributed by atoms with Gasteiger partial charge in [0.15, 0.2) is 0 Å². The standard InChI is InChI=1S/C10H11N3O2S/c1-5-8(10(15)13(2)12-5)6-3-4-7(16-6)9(11)14/h3-4,12H,1-2H3,(H2,11,14). The Morgan fingerprint density at radius 3 is 2.62 bits per heavy atom. The molecule has 0 fully saturated rings. The van der Waals surface area contributed by atoms with Crippen LogP contribution in [0.25, 0.3) is 10.4 Å². The maximum absolute atomic E-state index is 11.8. The minimum absolute atomic E-state index is 0.102. The van der Waals surface area contributed by atoms with Crippen molar-refractivity contribution in [1.29, 1.82) is 0 Å². The van der Waals surface area contributed by atoms with Crippen LogP contribution in [0.1, 0.15) is 15.4 Å². The lowest BCUT2D eigenvalue weighted by atomic mass is 10.2. The number of H-pyrrole nitrogens is 1. The summed E-state index contributed by atoms with van der Waals surface area (Å²) in [5, 5.41) is 2.91. The summed E-state index contributed by atoms with van der Waals surface area (Å²) in [6, 6.07) is 3.37. The molecule has 0 saturated carbocycles. The lowest BCUT2D eigenvalue weighted by Crippen LogP contribution is -2.12. The normalized spacial score (nSPS) is 10.6. The van der Waals surface area contributed by atoms with Crippen LogP contribution in [0.2, 0.25) is 0 Å². The van der Waals surface area contributed by atoms with Crippen molar-refractivity contribution in [3.05, 3.63) is 33.1 Å². The molecule has 0 unspecified atom stereocenters. The number of amides is 1. The van der Waals surface area contributed by atoms with Crippen molar-refractivity contribution < 1.29 is 4.79 Å². The lowest BCUT2D eigenvalue weighted by Gasteiger charge is -1.90. The summed E-state index contributed by atoms with van der Waals surface area (Å²) in [7, 11) is 1.65. The lowest BCUT2D eigenvalue weighted by molar-refractivity contribution is 0.100. The smallest absolute Gasteiger partial charge is 0.275 e. The molecule has 6 heteroatoms. The molecule has 0 radical (unpaired) electrons. The quantitative estimate of drug-likeness (QED) is 0.811. The number of hydrogen-bond donors (Lipinski definition) is 2. The van der Waals surface area contributed by atoms with Crippen molar-refractivity contribution >= 4 is 17.2 Å². The Morgan fingerprint density at radius 2 is 2.19 bits per heavy atom. The van der Waals surface area contributed by atoms with Crippen LogP contribution in [-0.4, -0.2) is 15.7 Å². The topological polar surface area (TPSA) is 80.9 Å². The van der Waals surface area contributed by atoms with Crippen LogP contribution in [0.3, 0.4) is 0 Å². The van der Waals surface area contributed by atoms with Crippen LogP contribution in [0.4, 0.5) is 0 Å². The molecule has 84 valence electrons. The Kier molecular flexibility index (Phi) is 2.43. The van der Waals surface area contributed by atoms with E-state index in [2.05, 4.69) is 5.10 Å². The van der Waals surface area contributed by atoms with Gasteiger partial charge in [-0.2, -0.15) is 0 Å². The second kappa shape index (κ2) is 3.64. The summed E-state index contributed by atoms with van der Waals surface area (Å²) in [6.07, 6.45) is 0. The van der Waals surface area contributed by atoms with Crippen molar-refractivity contribution in [3.8, 4) is 10.4 Å². The van der Waals surface area contributed by atoms with E-state index in [-0.39, 0.29) is 5.56 Å². The number of aromatic amines is 1. The largest absolute Gasteiger partial charge is 0.365 e. The fourth-order valence-electron chi connectivity index (χ4n) is 1.58. The highest BCUT2D eigenvalue weighted by Crippen LogP contribution is 2.27. The third-order valence-corrected chi connectivity index (χ3v) is 3.44. The van der Waals surface area contributed by atoms with Gasteiger partial charge < -0.3 is 5.73 Å². The minimum atomic E-state index is -0.471. The molecule has 5 nitrogen and oxygen atoms in total. The zero-order chi connectivity index (χ0) is 11.9. The van der Waals surface area contributed by atoms with E-state index in [1.165, 1.54) is 16.0 Å². The predicted molar refractivity (Wildman–Crippen MR) is 62.6 cm³/mol. The Hall–Kier alpha value is -1.82. The molecule has 2 heterocycles. The van der Waals surface area contributed by atoms with E-state index in [1.54, 1.807) is 19.2 Å². The van der Waals surface area contributed by atoms with Crippen molar-refractivity contribution in [2.45, 2.75) is 6.92 Å². The molecule has 2 aromatic heterocycles. The van der Waals surface area contributed by atoms with Crippen LogP contribution >= 0.6 is 11.3 Å². The van der Waals surface area contributed by atoms with Gasteiger partial charge >= 0.3 is 0 Å². The Balaban J connectivity index is 2.59. The summed E-state index contributed by atoms with van der Waals surface area (Å²) in [6.45, 7) is 1.82. The number of rotatable bonds is 2. The number of primary amides is 1. The fourth-order valence-corrected chi connectivity index (χ4v) is 2.53. The number of carbonyl (C=O) groups excluding carboxylic acids is 1. The molecular weight excluding hydrogens is 226 g/mol. The van der Waals surface area contributed by atoms with Gasteiger partial charge in [-0.1, -0.05) is 0 Å². The average Bonchev–Trinajstić information content (AvgIpc) is 2.74. The molecule has 0 aromatic carbocycles. The fraction of sp³-hybridized carbons (Fsp3) is 0.200. The third-order valence-electron chi connectivity index (χ3n) is 2.32. The second-order valence-corrected chi connectivity index (χ2v) is 4.59. The SMILES string of the molecule is Cc1[nH]n(C)c(=O)c1-c1ccc(C(N)=O)s1. The molecule has 0 atom stereocenters. The summed E-state index contributed by atoms with van der Waals surface area (Å²) in [4.78, 5) is 24.0. The van der Waals surface area contributed by atoms with E-state index in [1.807, 2.05) is 6.92 Å². The van der Waals surface area contributed by atoms with Crippen molar-refractivity contribution in [2.24, 2.45) is 12.8 Å². The average molecular weight is 237 g/mol. The molecule has 16 heavy (non-hydrogen) atoms. The minimum Gasteiger partial charge on any atom is -0.365 e. The molecule has 0 saturated heterocycles. The van der Waals surface area contributed by atoms with Crippen molar-refractivity contribution in [3.63, 3.8) is 0 Å². The second-order valence-electron chi connectivity index (χ2n) is 3.50. The van der Waals surface area contributed by atoms with Crippen molar-refractivity contribution in [1.82, 2.24) is 9.78 Å². The van der Waals surface area contributed by atoms with Gasteiger partial charge in [-0.3, -0.25) is 19.4 Å². The molecular formula is C10H11N3O2S. The van der Waals surface area contributed by atoms with Gasteiger partial charge in [-0.05, 0) is 19.1 Å². The monoisotopic (exact) mass is 237 g/mol. The van der Waals surface area contributed by atoms with E-state index >= 15 is 0 Å². The number of aryl methyl sites for hydroxylation is 2. The Labute approximate surface area is 95.5 Å². The number of nitrogens with two attached hydrogens (primary N) is 1. The molecule has 2 rings (SSSR count).